The topological polar surface area (TPSA) is 34.1 Å². The fourth-order valence-electron chi connectivity index (χ4n) is 1.58. The summed E-state index contributed by atoms with van der Waals surface area (Å²) in [7, 11) is 0. The van der Waals surface area contributed by atoms with E-state index in [9.17, 15) is 8.78 Å². The van der Waals surface area contributed by atoms with Gasteiger partial charge >= 0.3 is 0 Å². The van der Waals surface area contributed by atoms with Gasteiger partial charge in [0.1, 0.15) is 18.2 Å². The van der Waals surface area contributed by atoms with Gasteiger partial charge in [-0.05, 0) is 31.2 Å². The minimum absolute atomic E-state index is 0.0726. The lowest BCUT2D eigenvalue weighted by atomic mass is 10.3. The molecule has 0 spiro atoms. The molecule has 1 N–H and O–H groups in total. The van der Waals surface area contributed by atoms with Gasteiger partial charge in [0.2, 0.25) is 0 Å². The molecule has 2 aromatic rings. The molecule has 0 atom stereocenters. The predicted molar refractivity (Wildman–Crippen MR) is 74.1 cm³/mol. The van der Waals surface area contributed by atoms with Gasteiger partial charge in [0, 0.05) is 12.6 Å². The molecule has 0 bridgehead atoms. The highest BCUT2D eigenvalue weighted by Crippen LogP contribution is 2.20. The van der Waals surface area contributed by atoms with Crippen molar-refractivity contribution < 1.29 is 13.5 Å². The van der Waals surface area contributed by atoms with E-state index < -0.39 is 11.6 Å². The molecule has 0 amide bonds. The normalized spacial score (nSPS) is 10.4. The first-order chi connectivity index (χ1) is 9.60. The van der Waals surface area contributed by atoms with Crippen LogP contribution in [0.15, 0.2) is 30.3 Å². The molecule has 6 heteroatoms. The summed E-state index contributed by atoms with van der Waals surface area (Å²) < 4.78 is 31.2. The summed E-state index contributed by atoms with van der Waals surface area (Å²) in [5.74, 6) is -0.970. The number of hydrogen-bond acceptors (Lipinski definition) is 3. The average molecular weight is 299 g/mol. The quantitative estimate of drug-likeness (QED) is 0.905. The minimum Gasteiger partial charge on any atom is -0.487 e. The van der Waals surface area contributed by atoms with E-state index >= 15 is 0 Å². The number of nitrogens with zero attached hydrogens (tertiary/aromatic N) is 1. The zero-order valence-electron chi connectivity index (χ0n) is 10.8. The highest BCUT2D eigenvalue weighted by atomic mass is 35.5. The molecule has 0 aliphatic carbocycles. The van der Waals surface area contributed by atoms with Crippen molar-refractivity contribution in [3.05, 3.63) is 52.7 Å². The fourth-order valence-corrected chi connectivity index (χ4v) is 1.74. The molecule has 2 rings (SSSR count). The Morgan fingerprint density at radius 1 is 1.20 bits per heavy atom. The molecule has 20 heavy (non-hydrogen) atoms. The van der Waals surface area contributed by atoms with Crippen molar-refractivity contribution in [2.45, 2.75) is 13.5 Å². The number of nitrogens with one attached hydrogen (secondary N) is 1. The van der Waals surface area contributed by atoms with Gasteiger partial charge in [0.15, 0.2) is 11.6 Å². The number of benzene rings is 1. The summed E-state index contributed by atoms with van der Waals surface area (Å²) in [4.78, 5) is 4.28. The maximum atomic E-state index is 13.0. The second kappa shape index (κ2) is 6.52. The number of pyridine rings is 1. The molecule has 1 aromatic carbocycles. The number of halogens is 3. The highest BCUT2D eigenvalue weighted by Gasteiger charge is 2.07. The third kappa shape index (κ3) is 3.57. The summed E-state index contributed by atoms with van der Waals surface area (Å²) >= 11 is 6.01. The van der Waals surface area contributed by atoms with Crippen LogP contribution in [0.5, 0.6) is 5.75 Å². The number of rotatable bonds is 5. The number of hydrogen-bond donors (Lipinski definition) is 1. The Hall–Kier alpha value is -1.88. The monoisotopic (exact) mass is 298 g/mol. The van der Waals surface area contributed by atoms with Crippen LogP contribution in [0.4, 0.5) is 14.6 Å². The Bertz CT molecular complexity index is 608. The van der Waals surface area contributed by atoms with E-state index in [1.807, 2.05) is 6.92 Å². The molecule has 0 aliphatic heterocycles. The van der Waals surface area contributed by atoms with Gasteiger partial charge in [0.05, 0.1) is 10.7 Å². The van der Waals surface area contributed by atoms with Crippen LogP contribution in [0, 0.1) is 11.6 Å². The van der Waals surface area contributed by atoms with E-state index in [0.717, 1.165) is 18.7 Å². The second-order valence-electron chi connectivity index (χ2n) is 4.02. The Morgan fingerprint density at radius 3 is 2.70 bits per heavy atom. The van der Waals surface area contributed by atoms with Crippen molar-refractivity contribution in [3.8, 4) is 5.75 Å². The molecule has 0 unspecified atom stereocenters. The average Bonchev–Trinajstić information content (AvgIpc) is 2.43. The predicted octanol–water partition coefficient (Wildman–Crippen LogP) is 4.02. The highest BCUT2D eigenvalue weighted by molar-refractivity contribution is 6.31. The standard InChI is InChI=1S/C14H13ClF2N2O/c1-2-18-14-6-4-10(15)13(19-14)8-20-9-3-5-11(16)12(17)7-9/h3-7H,2,8H2,1H3,(H,18,19). The van der Waals surface area contributed by atoms with Crippen LogP contribution in [0.2, 0.25) is 5.02 Å². The van der Waals surface area contributed by atoms with Gasteiger partial charge in [-0.1, -0.05) is 11.6 Å². The van der Waals surface area contributed by atoms with Crippen LogP contribution in [-0.2, 0) is 6.61 Å². The van der Waals surface area contributed by atoms with Crippen molar-refractivity contribution in [1.29, 1.82) is 0 Å². The van der Waals surface area contributed by atoms with E-state index in [0.29, 0.717) is 16.5 Å². The summed E-state index contributed by atoms with van der Waals surface area (Å²) in [6, 6.07) is 6.80. The first-order valence-corrected chi connectivity index (χ1v) is 6.45. The van der Waals surface area contributed by atoms with Crippen molar-refractivity contribution in [2.75, 3.05) is 11.9 Å². The zero-order valence-corrected chi connectivity index (χ0v) is 11.5. The Kier molecular flexibility index (Phi) is 4.74. The lowest BCUT2D eigenvalue weighted by Gasteiger charge is -2.09. The molecule has 3 nitrogen and oxygen atoms in total. The number of aromatic nitrogens is 1. The van der Waals surface area contributed by atoms with Gasteiger partial charge in [-0.15, -0.1) is 0 Å². The molecular formula is C14H13ClF2N2O. The van der Waals surface area contributed by atoms with Crippen molar-refractivity contribution in [3.63, 3.8) is 0 Å². The van der Waals surface area contributed by atoms with Crippen LogP contribution in [0.1, 0.15) is 12.6 Å². The lowest BCUT2D eigenvalue weighted by Crippen LogP contribution is -2.04. The molecular weight excluding hydrogens is 286 g/mol. The van der Waals surface area contributed by atoms with Gasteiger partial charge in [-0.25, -0.2) is 13.8 Å². The van der Waals surface area contributed by atoms with E-state index in [1.54, 1.807) is 12.1 Å². The van der Waals surface area contributed by atoms with E-state index in [2.05, 4.69) is 10.3 Å². The Morgan fingerprint density at radius 2 is 2.00 bits per heavy atom. The summed E-state index contributed by atoms with van der Waals surface area (Å²) in [6.45, 7) is 2.76. The SMILES string of the molecule is CCNc1ccc(Cl)c(COc2ccc(F)c(F)c2)n1. The first kappa shape index (κ1) is 14.5. The van der Waals surface area contributed by atoms with Crippen LogP contribution in [0.3, 0.4) is 0 Å². The molecule has 1 aromatic heterocycles. The maximum absolute atomic E-state index is 13.0. The summed E-state index contributed by atoms with van der Waals surface area (Å²) in [5, 5.41) is 3.51. The van der Waals surface area contributed by atoms with Crippen LogP contribution >= 0.6 is 11.6 Å². The molecule has 106 valence electrons. The van der Waals surface area contributed by atoms with Gasteiger partial charge in [-0.3, -0.25) is 0 Å². The third-order valence-electron chi connectivity index (χ3n) is 2.54. The number of ether oxygens (including phenoxy) is 1. The summed E-state index contributed by atoms with van der Waals surface area (Å²) in [5.41, 5.74) is 0.523. The minimum atomic E-state index is -0.956. The molecule has 0 aliphatic rings. The zero-order chi connectivity index (χ0) is 14.5. The Labute approximate surface area is 120 Å². The molecule has 0 radical (unpaired) electrons. The van der Waals surface area contributed by atoms with E-state index in [-0.39, 0.29) is 12.4 Å². The fraction of sp³-hybridized carbons (Fsp3) is 0.214. The van der Waals surface area contributed by atoms with Crippen LogP contribution < -0.4 is 10.1 Å². The van der Waals surface area contributed by atoms with Gasteiger partial charge < -0.3 is 10.1 Å². The molecule has 1 heterocycles. The largest absolute Gasteiger partial charge is 0.487 e. The Balaban J connectivity index is 2.09. The molecule has 0 fully saturated rings. The van der Waals surface area contributed by atoms with Crippen LogP contribution in [0.25, 0.3) is 0 Å². The second-order valence-corrected chi connectivity index (χ2v) is 4.43. The van der Waals surface area contributed by atoms with Crippen molar-refractivity contribution >= 4 is 17.4 Å². The summed E-state index contributed by atoms with van der Waals surface area (Å²) in [6.07, 6.45) is 0. The molecule has 0 saturated carbocycles. The van der Waals surface area contributed by atoms with E-state index in [4.69, 9.17) is 16.3 Å². The number of anilines is 1. The van der Waals surface area contributed by atoms with E-state index in [1.165, 1.54) is 6.07 Å². The smallest absolute Gasteiger partial charge is 0.162 e. The van der Waals surface area contributed by atoms with Crippen LogP contribution in [-0.4, -0.2) is 11.5 Å². The first-order valence-electron chi connectivity index (χ1n) is 6.07. The van der Waals surface area contributed by atoms with Crippen molar-refractivity contribution in [2.24, 2.45) is 0 Å². The van der Waals surface area contributed by atoms with Crippen molar-refractivity contribution in [1.82, 2.24) is 4.98 Å². The van der Waals surface area contributed by atoms with Gasteiger partial charge in [0.25, 0.3) is 0 Å². The lowest BCUT2D eigenvalue weighted by molar-refractivity contribution is 0.299. The maximum Gasteiger partial charge on any atom is 0.162 e. The molecule has 0 saturated heterocycles. The van der Waals surface area contributed by atoms with Gasteiger partial charge in [-0.2, -0.15) is 0 Å². The third-order valence-corrected chi connectivity index (χ3v) is 2.89.